The van der Waals surface area contributed by atoms with Crippen molar-refractivity contribution in [2.45, 2.75) is 28.9 Å². The molecule has 0 bridgehead atoms. The molecular formula is C12H15ClN2O4S2. The highest BCUT2D eigenvalue weighted by molar-refractivity contribution is 8.00. The number of nitrogens with one attached hydrogen (secondary N) is 1. The van der Waals surface area contributed by atoms with E-state index >= 15 is 0 Å². The van der Waals surface area contributed by atoms with Gasteiger partial charge in [-0.1, -0.05) is 18.0 Å². The van der Waals surface area contributed by atoms with Crippen LogP contribution in [0.25, 0.3) is 0 Å². The summed E-state index contributed by atoms with van der Waals surface area (Å²) < 4.78 is 27.0. The molecule has 0 unspecified atom stereocenters. The van der Waals surface area contributed by atoms with Crippen molar-refractivity contribution >= 4 is 39.1 Å². The topological polar surface area (TPSA) is 89.3 Å². The lowest BCUT2D eigenvalue weighted by molar-refractivity contribution is -0.384. The van der Waals surface area contributed by atoms with Crippen molar-refractivity contribution in [3.8, 4) is 0 Å². The van der Waals surface area contributed by atoms with Crippen LogP contribution in [0.2, 0.25) is 5.02 Å². The number of hydrogen-bond acceptors (Lipinski definition) is 5. The summed E-state index contributed by atoms with van der Waals surface area (Å²) in [5, 5.41) is 10.7. The minimum Gasteiger partial charge on any atom is -0.258 e. The van der Waals surface area contributed by atoms with Crippen LogP contribution in [0.5, 0.6) is 0 Å². The Bertz CT molecular complexity index is 654. The van der Waals surface area contributed by atoms with Gasteiger partial charge >= 0.3 is 0 Å². The smallest absolute Gasteiger partial charge is 0.258 e. The van der Waals surface area contributed by atoms with Gasteiger partial charge in [-0.2, -0.15) is 11.8 Å². The Kier molecular flexibility index (Phi) is 4.82. The van der Waals surface area contributed by atoms with Gasteiger partial charge in [0.2, 0.25) is 10.0 Å². The highest BCUT2D eigenvalue weighted by Crippen LogP contribution is 2.42. The molecule has 1 N–H and O–H groups in total. The molecule has 1 aliphatic rings. The maximum absolute atomic E-state index is 12.2. The normalized spacial score (nSPS) is 17.2. The lowest BCUT2D eigenvalue weighted by atomic mass is 9.84. The minimum absolute atomic E-state index is 0.0502. The number of nitro groups is 1. The van der Waals surface area contributed by atoms with E-state index in [2.05, 4.69) is 4.72 Å². The Morgan fingerprint density at radius 2 is 2.14 bits per heavy atom. The molecule has 21 heavy (non-hydrogen) atoms. The van der Waals surface area contributed by atoms with Crippen molar-refractivity contribution in [2.75, 3.05) is 12.8 Å². The molecule has 1 aromatic carbocycles. The van der Waals surface area contributed by atoms with Crippen LogP contribution < -0.4 is 4.72 Å². The second-order valence-corrected chi connectivity index (χ2v) is 8.38. The van der Waals surface area contributed by atoms with E-state index < -0.39 is 20.6 Å². The van der Waals surface area contributed by atoms with E-state index in [1.165, 1.54) is 12.1 Å². The lowest BCUT2D eigenvalue weighted by Gasteiger charge is -2.40. The van der Waals surface area contributed by atoms with Gasteiger partial charge in [0, 0.05) is 17.4 Å². The van der Waals surface area contributed by atoms with Gasteiger partial charge < -0.3 is 0 Å². The van der Waals surface area contributed by atoms with E-state index in [9.17, 15) is 18.5 Å². The summed E-state index contributed by atoms with van der Waals surface area (Å²) in [4.78, 5) is 9.98. The van der Waals surface area contributed by atoms with Crippen molar-refractivity contribution in [1.82, 2.24) is 4.72 Å². The molecule has 1 aliphatic carbocycles. The zero-order valence-electron chi connectivity index (χ0n) is 11.3. The van der Waals surface area contributed by atoms with Gasteiger partial charge in [0.15, 0.2) is 0 Å². The molecule has 0 spiro atoms. The van der Waals surface area contributed by atoms with E-state index in [0.29, 0.717) is 6.54 Å². The van der Waals surface area contributed by atoms with E-state index in [-0.39, 0.29) is 14.7 Å². The molecule has 0 aromatic heterocycles. The Labute approximate surface area is 132 Å². The van der Waals surface area contributed by atoms with Crippen molar-refractivity contribution in [3.05, 3.63) is 33.3 Å². The average molecular weight is 351 g/mol. The molecule has 1 fully saturated rings. The Hall–Kier alpha value is -0.830. The number of sulfonamides is 1. The van der Waals surface area contributed by atoms with E-state index in [4.69, 9.17) is 11.6 Å². The third-order valence-corrected chi connectivity index (χ3v) is 6.84. The fourth-order valence-corrected chi connectivity index (χ4v) is 4.47. The molecule has 0 radical (unpaired) electrons. The first kappa shape index (κ1) is 16.5. The predicted molar refractivity (Wildman–Crippen MR) is 83.4 cm³/mol. The van der Waals surface area contributed by atoms with Crippen molar-refractivity contribution in [1.29, 1.82) is 0 Å². The monoisotopic (exact) mass is 350 g/mol. The van der Waals surface area contributed by atoms with Crippen molar-refractivity contribution in [3.63, 3.8) is 0 Å². The number of benzene rings is 1. The third kappa shape index (κ3) is 3.50. The number of nitrogens with zero attached hydrogens (tertiary/aromatic N) is 1. The van der Waals surface area contributed by atoms with E-state index in [0.717, 1.165) is 25.3 Å². The largest absolute Gasteiger partial charge is 0.289 e. The molecule has 0 heterocycles. The number of thioether (sulfide) groups is 1. The van der Waals surface area contributed by atoms with Gasteiger partial charge in [-0.3, -0.25) is 10.1 Å². The molecule has 0 amide bonds. The molecule has 0 saturated heterocycles. The SMILES string of the molecule is CSC1(CNS(=O)(=O)c2ccc(Cl)c([N+](=O)[O-])c2)CCC1. The summed E-state index contributed by atoms with van der Waals surface area (Å²) in [6.45, 7) is 0.326. The van der Waals surface area contributed by atoms with Gasteiger partial charge in [-0.25, -0.2) is 13.1 Å². The van der Waals surface area contributed by atoms with Crippen LogP contribution >= 0.6 is 23.4 Å². The van der Waals surface area contributed by atoms with Crippen LogP contribution in [-0.2, 0) is 10.0 Å². The second kappa shape index (κ2) is 6.12. The van der Waals surface area contributed by atoms with Gasteiger partial charge in [0.1, 0.15) is 5.02 Å². The average Bonchev–Trinajstić information content (AvgIpc) is 2.37. The summed E-state index contributed by atoms with van der Waals surface area (Å²) in [5.41, 5.74) is -0.414. The van der Waals surface area contributed by atoms with E-state index in [1.54, 1.807) is 11.8 Å². The molecule has 2 rings (SSSR count). The molecule has 9 heteroatoms. The lowest BCUT2D eigenvalue weighted by Crippen LogP contribution is -2.45. The number of halogens is 1. The summed E-state index contributed by atoms with van der Waals surface area (Å²) in [6, 6.07) is 3.48. The van der Waals surface area contributed by atoms with Crippen LogP contribution in [-0.4, -0.2) is 30.9 Å². The van der Waals surface area contributed by atoms with Crippen molar-refractivity contribution < 1.29 is 13.3 Å². The zero-order valence-corrected chi connectivity index (χ0v) is 13.7. The van der Waals surface area contributed by atoms with Crippen LogP contribution in [0.1, 0.15) is 19.3 Å². The van der Waals surface area contributed by atoms with Gasteiger partial charge in [-0.15, -0.1) is 0 Å². The fraction of sp³-hybridized carbons (Fsp3) is 0.500. The molecule has 0 atom stereocenters. The molecule has 0 aliphatic heterocycles. The summed E-state index contributed by atoms with van der Waals surface area (Å²) in [6.07, 6.45) is 4.99. The number of rotatable bonds is 6. The second-order valence-electron chi connectivity index (χ2n) is 4.94. The fourth-order valence-electron chi connectivity index (χ4n) is 2.13. The van der Waals surface area contributed by atoms with Crippen LogP contribution in [0.15, 0.2) is 23.1 Å². The maximum atomic E-state index is 12.2. The maximum Gasteiger partial charge on any atom is 0.289 e. The molecule has 1 saturated carbocycles. The first-order valence-corrected chi connectivity index (χ1v) is 9.37. The molecule has 1 aromatic rings. The zero-order chi connectivity index (χ0) is 15.7. The van der Waals surface area contributed by atoms with E-state index in [1.807, 2.05) is 6.26 Å². The molecule has 6 nitrogen and oxygen atoms in total. The van der Waals surface area contributed by atoms with Crippen LogP contribution in [0, 0.1) is 10.1 Å². The Balaban J connectivity index is 2.20. The Morgan fingerprint density at radius 1 is 1.48 bits per heavy atom. The van der Waals surface area contributed by atoms with Crippen LogP contribution in [0.3, 0.4) is 0 Å². The molecule has 116 valence electrons. The summed E-state index contributed by atoms with van der Waals surface area (Å²) in [5.74, 6) is 0. The Morgan fingerprint density at radius 3 is 2.62 bits per heavy atom. The van der Waals surface area contributed by atoms with Gasteiger partial charge in [0.25, 0.3) is 5.69 Å². The highest BCUT2D eigenvalue weighted by Gasteiger charge is 2.37. The number of hydrogen-bond donors (Lipinski definition) is 1. The third-order valence-electron chi connectivity index (χ3n) is 3.71. The summed E-state index contributed by atoms with van der Waals surface area (Å²) >= 11 is 7.33. The van der Waals surface area contributed by atoms with Gasteiger partial charge in [-0.05, 0) is 31.2 Å². The quantitative estimate of drug-likeness (QED) is 0.629. The summed E-state index contributed by atoms with van der Waals surface area (Å²) in [7, 11) is -3.78. The number of nitro benzene ring substituents is 1. The molecular weight excluding hydrogens is 336 g/mol. The first-order valence-electron chi connectivity index (χ1n) is 6.28. The highest BCUT2D eigenvalue weighted by atomic mass is 35.5. The standard InChI is InChI=1S/C12H15ClN2O4S2/c1-20-12(5-2-6-12)8-14-21(18,19)9-3-4-10(13)11(7-9)15(16)17/h3-4,7,14H,2,5-6,8H2,1H3. The predicted octanol–water partition coefficient (Wildman–Crippen LogP) is 2.81. The van der Waals surface area contributed by atoms with Crippen LogP contribution in [0.4, 0.5) is 5.69 Å². The first-order chi connectivity index (χ1) is 9.80. The van der Waals surface area contributed by atoms with Crippen molar-refractivity contribution in [2.24, 2.45) is 0 Å². The van der Waals surface area contributed by atoms with Gasteiger partial charge in [0.05, 0.1) is 9.82 Å². The minimum atomic E-state index is -3.78.